The number of aromatic nitrogens is 2. The zero-order chi connectivity index (χ0) is 27.5. The third-order valence-corrected chi connectivity index (χ3v) is 9.02. The molecule has 2 aromatic rings. The van der Waals surface area contributed by atoms with Gasteiger partial charge in [-0.2, -0.15) is 18.3 Å². The van der Waals surface area contributed by atoms with Gasteiger partial charge in [-0.3, -0.25) is 9.48 Å². The average Bonchev–Trinajstić information content (AvgIpc) is 3.17. The summed E-state index contributed by atoms with van der Waals surface area (Å²) in [6, 6.07) is 4.78. The summed E-state index contributed by atoms with van der Waals surface area (Å²) in [5, 5.41) is 7.04. The molecule has 0 bridgehead atoms. The van der Waals surface area contributed by atoms with Gasteiger partial charge >= 0.3 is 6.18 Å². The molecule has 1 fully saturated rings. The second kappa shape index (κ2) is 11.6. The number of rotatable bonds is 9. The lowest BCUT2D eigenvalue weighted by Crippen LogP contribution is -2.34. The van der Waals surface area contributed by atoms with Gasteiger partial charge in [0.25, 0.3) is 5.91 Å². The third-order valence-electron chi connectivity index (χ3n) is 6.98. The molecule has 0 saturated heterocycles. The SMILES string of the molecule is CCn1nc(C(=O)NCC2CCC(S(C)(=O)=O)CC2)c(Cl)c1-c1ccc(C[C@@H](C)C(F)(F)F)cc1OC. The zero-order valence-corrected chi connectivity index (χ0v) is 22.9. The lowest BCUT2D eigenvalue weighted by atomic mass is 9.89. The fraction of sp³-hybridized carbons (Fsp3) is 0.600. The highest BCUT2D eigenvalue weighted by atomic mass is 35.5. The standard InChI is InChI=1S/C25H33ClF3N3O4S/c1-5-32-23(19-11-8-17(13-20(19)36-3)12-15(2)25(27,28)29)21(26)22(31-32)24(33)30-14-16-6-9-18(10-7-16)37(4,34)35/h8,11,13,15-16,18H,5-7,9-10,12,14H2,1-4H3,(H,30,33)/t15-,16?,18?/m1/s1. The normalized spacial score (nSPS) is 19.5. The van der Waals surface area contributed by atoms with E-state index in [1.807, 2.05) is 6.92 Å². The molecule has 1 aromatic carbocycles. The number of halogens is 4. The quantitative estimate of drug-likeness (QED) is 0.447. The van der Waals surface area contributed by atoms with Gasteiger partial charge in [-0.1, -0.05) is 24.6 Å². The molecule has 1 aromatic heterocycles. The molecule has 12 heteroatoms. The highest BCUT2D eigenvalue weighted by molar-refractivity contribution is 7.91. The molecule has 7 nitrogen and oxygen atoms in total. The first kappa shape index (κ1) is 29.3. The predicted molar refractivity (Wildman–Crippen MR) is 137 cm³/mol. The van der Waals surface area contributed by atoms with Crippen molar-refractivity contribution in [2.75, 3.05) is 19.9 Å². The van der Waals surface area contributed by atoms with Crippen LogP contribution in [0.4, 0.5) is 13.2 Å². The molecule has 1 aliphatic carbocycles. The molecule has 1 atom stereocenters. The second-order valence-electron chi connectivity index (χ2n) is 9.69. The van der Waals surface area contributed by atoms with Crippen molar-refractivity contribution in [3.8, 4) is 17.0 Å². The fourth-order valence-corrected chi connectivity index (χ4v) is 6.14. The Hall–Kier alpha value is -2.27. The van der Waals surface area contributed by atoms with Gasteiger partial charge in [-0.25, -0.2) is 8.42 Å². The first-order chi connectivity index (χ1) is 17.3. The number of benzene rings is 1. The third kappa shape index (κ3) is 6.98. The van der Waals surface area contributed by atoms with Gasteiger partial charge in [-0.05, 0) is 62.6 Å². The van der Waals surface area contributed by atoms with Crippen LogP contribution in [0.15, 0.2) is 18.2 Å². The Kier molecular flexibility index (Phi) is 9.21. The van der Waals surface area contributed by atoms with E-state index >= 15 is 0 Å². The molecule has 1 aliphatic rings. The van der Waals surface area contributed by atoms with Crippen LogP contribution < -0.4 is 10.1 Å². The summed E-state index contributed by atoms with van der Waals surface area (Å²) in [5.41, 5.74) is 1.46. The van der Waals surface area contributed by atoms with E-state index in [0.717, 1.165) is 6.92 Å². The summed E-state index contributed by atoms with van der Waals surface area (Å²) in [6.07, 6.45) is -0.673. The van der Waals surface area contributed by atoms with Gasteiger partial charge in [0.2, 0.25) is 0 Å². The predicted octanol–water partition coefficient (Wildman–Crippen LogP) is 5.31. The molecule has 1 amide bonds. The van der Waals surface area contributed by atoms with Crippen LogP contribution in [0.2, 0.25) is 5.02 Å². The number of amides is 1. The fourth-order valence-electron chi connectivity index (χ4n) is 4.68. The van der Waals surface area contributed by atoms with Gasteiger partial charge in [0, 0.05) is 24.9 Å². The maximum atomic E-state index is 13.0. The Morgan fingerprint density at radius 2 is 1.92 bits per heavy atom. The second-order valence-corrected chi connectivity index (χ2v) is 12.4. The van der Waals surface area contributed by atoms with Gasteiger partial charge in [0.1, 0.15) is 15.6 Å². The maximum absolute atomic E-state index is 13.0. The Balaban J connectivity index is 1.78. The van der Waals surface area contributed by atoms with Gasteiger partial charge in [-0.15, -0.1) is 0 Å². The van der Waals surface area contributed by atoms with Crippen LogP contribution in [-0.4, -0.2) is 55.4 Å². The van der Waals surface area contributed by atoms with Crippen LogP contribution in [0, 0.1) is 11.8 Å². The number of nitrogens with zero attached hydrogens (tertiary/aromatic N) is 2. The lowest BCUT2D eigenvalue weighted by Gasteiger charge is -2.27. The van der Waals surface area contributed by atoms with E-state index in [0.29, 0.717) is 61.3 Å². The largest absolute Gasteiger partial charge is 0.496 e. The number of hydrogen-bond donors (Lipinski definition) is 1. The molecule has 0 aliphatic heterocycles. The summed E-state index contributed by atoms with van der Waals surface area (Å²) >= 11 is 6.63. The van der Waals surface area contributed by atoms with E-state index in [1.165, 1.54) is 13.4 Å². The Morgan fingerprint density at radius 3 is 2.46 bits per heavy atom. The van der Waals surface area contributed by atoms with Crippen molar-refractivity contribution in [2.45, 2.75) is 63.9 Å². The van der Waals surface area contributed by atoms with Gasteiger partial charge in [0.05, 0.1) is 29.0 Å². The number of aryl methyl sites for hydroxylation is 1. The first-order valence-corrected chi connectivity index (χ1v) is 14.6. The Morgan fingerprint density at radius 1 is 1.27 bits per heavy atom. The van der Waals surface area contributed by atoms with Gasteiger partial charge < -0.3 is 10.1 Å². The summed E-state index contributed by atoms with van der Waals surface area (Å²) < 4.78 is 69.6. The molecule has 0 spiro atoms. The lowest BCUT2D eigenvalue weighted by molar-refractivity contribution is -0.169. The number of alkyl halides is 3. The highest BCUT2D eigenvalue weighted by Gasteiger charge is 2.36. The van der Waals surface area contributed by atoms with Crippen molar-refractivity contribution in [3.63, 3.8) is 0 Å². The van der Waals surface area contributed by atoms with Crippen LogP contribution in [0.1, 0.15) is 55.6 Å². The molecule has 1 N–H and O–H groups in total. The monoisotopic (exact) mass is 563 g/mol. The molecule has 1 heterocycles. The molecular formula is C25H33ClF3N3O4S. The first-order valence-electron chi connectivity index (χ1n) is 12.2. The summed E-state index contributed by atoms with van der Waals surface area (Å²) in [4.78, 5) is 13.0. The van der Waals surface area contributed by atoms with Crippen molar-refractivity contribution in [3.05, 3.63) is 34.5 Å². The Labute approximate surface area is 220 Å². The van der Waals surface area contributed by atoms with Crippen molar-refractivity contribution in [1.82, 2.24) is 15.1 Å². The van der Waals surface area contributed by atoms with Crippen molar-refractivity contribution >= 4 is 27.3 Å². The minimum atomic E-state index is -4.30. The molecule has 3 rings (SSSR count). The number of carbonyl (C=O) groups excluding carboxylic acids is 1. The van der Waals surface area contributed by atoms with Crippen LogP contribution in [0.5, 0.6) is 5.75 Å². The Bertz CT molecular complexity index is 1220. The molecule has 0 unspecified atom stereocenters. The minimum Gasteiger partial charge on any atom is -0.496 e. The van der Waals surface area contributed by atoms with Crippen LogP contribution in [-0.2, 0) is 22.8 Å². The van der Waals surface area contributed by atoms with E-state index in [9.17, 15) is 26.4 Å². The van der Waals surface area contributed by atoms with Crippen LogP contribution in [0.25, 0.3) is 11.3 Å². The number of hydrogen-bond acceptors (Lipinski definition) is 5. The number of nitrogens with one attached hydrogen (secondary N) is 1. The highest BCUT2D eigenvalue weighted by Crippen LogP contribution is 2.38. The molecule has 0 radical (unpaired) electrons. The number of sulfone groups is 1. The molecule has 37 heavy (non-hydrogen) atoms. The zero-order valence-electron chi connectivity index (χ0n) is 21.4. The number of methoxy groups -OCH3 is 1. The smallest absolute Gasteiger partial charge is 0.391 e. The number of ether oxygens (including phenoxy) is 1. The minimum absolute atomic E-state index is 0.0418. The van der Waals surface area contributed by atoms with E-state index < -0.39 is 27.8 Å². The van der Waals surface area contributed by atoms with E-state index in [-0.39, 0.29) is 28.3 Å². The molecule has 206 valence electrons. The molecule has 1 saturated carbocycles. The number of carbonyl (C=O) groups is 1. The summed E-state index contributed by atoms with van der Waals surface area (Å²) in [5.74, 6) is -1.46. The van der Waals surface area contributed by atoms with Crippen molar-refractivity contribution in [2.24, 2.45) is 11.8 Å². The van der Waals surface area contributed by atoms with Crippen LogP contribution in [0.3, 0.4) is 0 Å². The van der Waals surface area contributed by atoms with E-state index in [2.05, 4.69) is 10.4 Å². The van der Waals surface area contributed by atoms with Crippen molar-refractivity contribution < 1.29 is 31.1 Å². The van der Waals surface area contributed by atoms with Crippen LogP contribution >= 0.6 is 11.6 Å². The molecular weight excluding hydrogens is 531 g/mol. The summed E-state index contributed by atoms with van der Waals surface area (Å²) in [7, 11) is -1.64. The van der Waals surface area contributed by atoms with E-state index in [4.69, 9.17) is 16.3 Å². The van der Waals surface area contributed by atoms with Crippen molar-refractivity contribution in [1.29, 1.82) is 0 Å². The topological polar surface area (TPSA) is 90.3 Å². The summed E-state index contributed by atoms with van der Waals surface area (Å²) in [6.45, 7) is 3.75. The maximum Gasteiger partial charge on any atom is 0.391 e. The average molecular weight is 564 g/mol. The van der Waals surface area contributed by atoms with E-state index in [1.54, 1.807) is 22.9 Å². The van der Waals surface area contributed by atoms with Gasteiger partial charge in [0.15, 0.2) is 5.69 Å².